The summed E-state index contributed by atoms with van der Waals surface area (Å²) in [5.74, 6) is -1.30. The van der Waals surface area contributed by atoms with Gasteiger partial charge in [0.2, 0.25) is 0 Å². The van der Waals surface area contributed by atoms with Crippen LogP contribution in [0.1, 0.15) is 5.56 Å². The lowest BCUT2D eigenvalue weighted by molar-refractivity contribution is -0.274. The highest BCUT2D eigenvalue weighted by atomic mass is 33.5. The van der Waals surface area contributed by atoms with E-state index in [0.29, 0.717) is 10.8 Å². The van der Waals surface area contributed by atoms with Crippen molar-refractivity contribution in [3.8, 4) is 5.75 Å². The summed E-state index contributed by atoms with van der Waals surface area (Å²) in [6, 6.07) is 5.50. The molecular formula is C14H11F6NOS3. The molecule has 0 amide bonds. The number of rotatable bonds is 5. The number of benzene rings is 1. The Labute approximate surface area is 151 Å². The maximum Gasteiger partial charge on any atom is 0.573 e. The third kappa shape index (κ3) is 7.45. The van der Waals surface area contributed by atoms with Crippen LogP contribution in [0, 0.1) is 5.92 Å². The Bertz CT molecular complexity index is 627. The van der Waals surface area contributed by atoms with Crippen molar-refractivity contribution in [2.24, 2.45) is 10.9 Å². The first kappa shape index (κ1) is 20.4. The lowest BCUT2D eigenvalue weighted by Gasteiger charge is -2.17. The van der Waals surface area contributed by atoms with Crippen LogP contribution < -0.4 is 4.74 Å². The minimum Gasteiger partial charge on any atom is -0.406 e. The van der Waals surface area contributed by atoms with Crippen molar-refractivity contribution >= 4 is 36.5 Å². The van der Waals surface area contributed by atoms with Gasteiger partial charge in [0.05, 0.1) is 12.5 Å². The minimum absolute atomic E-state index is 0.288. The summed E-state index contributed by atoms with van der Waals surface area (Å²) in [4.78, 5) is 3.88. The molecule has 1 aromatic carbocycles. The minimum atomic E-state index is -4.72. The molecule has 0 aliphatic carbocycles. The van der Waals surface area contributed by atoms with Crippen molar-refractivity contribution in [1.82, 2.24) is 0 Å². The summed E-state index contributed by atoms with van der Waals surface area (Å²) in [6.07, 6.45) is -6.55. The van der Waals surface area contributed by atoms with Crippen LogP contribution in [0.15, 0.2) is 41.4 Å². The second kappa shape index (κ2) is 8.63. The van der Waals surface area contributed by atoms with Crippen molar-refractivity contribution in [1.29, 1.82) is 0 Å². The average molecular weight is 419 g/mol. The Hall–Kier alpha value is -0.940. The van der Waals surface area contributed by atoms with Crippen molar-refractivity contribution < 1.29 is 31.1 Å². The molecule has 0 saturated heterocycles. The number of nitrogens with zero attached hydrogens (tertiary/aromatic N) is 1. The van der Waals surface area contributed by atoms with E-state index in [1.54, 1.807) is 0 Å². The van der Waals surface area contributed by atoms with Crippen LogP contribution in [0.3, 0.4) is 0 Å². The first-order chi connectivity index (χ1) is 11.6. The molecule has 1 heterocycles. The number of hydrogen-bond donors (Lipinski definition) is 0. The number of dihydropyridines is 1. The predicted octanol–water partition coefficient (Wildman–Crippen LogP) is 6.26. The van der Waals surface area contributed by atoms with Crippen molar-refractivity contribution in [2.45, 2.75) is 18.3 Å². The standard InChI is InChI=1S/C14H11F6NOS3/c15-13(16,17)10-3-6-12(21-7-10)24-25-23-8-9-1-4-11(5-2-9)22-14(18,19)20/h1-6,10H,7-8H2. The van der Waals surface area contributed by atoms with Gasteiger partial charge in [0.1, 0.15) is 10.8 Å². The highest BCUT2D eigenvalue weighted by Crippen LogP contribution is 2.40. The Morgan fingerprint density at radius 1 is 1.08 bits per heavy atom. The van der Waals surface area contributed by atoms with Gasteiger partial charge in [-0.3, -0.25) is 4.99 Å². The van der Waals surface area contributed by atoms with Crippen LogP contribution in [-0.2, 0) is 5.75 Å². The molecular weight excluding hydrogens is 408 g/mol. The predicted molar refractivity (Wildman–Crippen MR) is 90.6 cm³/mol. The quantitative estimate of drug-likeness (QED) is 0.319. The molecule has 0 N–H and O–H groups in total. The number of halogens is 6. The molecule has 1 aliphatic heterocycles. The fourth-order valence-electron chi connectivity index (χ4n) is 1.71. The summed E-state index contributed by atoms with van der Waals surface area (Å²) in [5.41, 5.74) is 0.797. The van der Waals surface area contributed by atoms with Crippen LogP contribution in [0.25, 0.3) is 0 Å². The van der Waals surface area contributed by atoms with Gasteiger partial charge >= 0.3 is 12.5 Å². The molecule has 0 aromatic heterocycles. The molecule has 138 valence electrons. The molecule has 2 rings (SSSR count). The highest BCUT2D eigenvalue weighted by Gasteiger charge is 2.38. The van der Waals surface area contributed by atoms with Gasteiger partial charge in [0, 0.05) is 5.75 Å². The highest BCUT2D eigenvalue weighted by molar-refractivity contribution is 9.12. The van der Waals surface area contributed by atoms with Crippen LogP contribution in [0.2, 0.25) is 0 Å². The monoisotopic (exact) mass is 419 g/mol. The zero-order valence-electron chi connectivity index (χ0n) is 12.3. The summed E-state index contributed by atoms with van der Waals surface area (Å²) in [6.45, 7) is -0.311. The maximum absolute atomic E-state index is 12.5. The van der Waals surface area contributed by atoms with Gasteiger partial charge in [-0.2, -0.15) is 13.2 Å². The topological polar surface area (TPSA) is 21.6 Å². The van der Waals surface area contributed by atoms with Gasteiger partial charge in [-0.1, -0.05) is 29.0 Å². The smallest absolute Gasteiger partial charge is 0.406 e. The Balaban J connectivity index is 1.70. The van der Waals surface area contributed by atoms with E-state index < -0.39 is 18.5 Å². The zero-order valence-corrected chi connectivity index (χ0v) is 14.8. The molecule has 25 heavy (non-hydrogen) atoms. The third-order valence-electron chi connectivity index (χ3n) is 2.89. The second-order valence-electron chi connectivity index (χ2n) is 4.79. The number of alkyl halides is 6. The van der Waals surface area contributed by atoms with Gasteiger partial charge in [-0.15, -0.1) is 13.2 Å². The van der Waals surface area contributed by atoms with Gasteiger partial charge in [-0.05, 0) is 44.4 Å². The molecule has 1 aromatic rings. The van der Waals surface area contributed by atoms with E-state index in [9.17, 15) is 26.3 Å². The Morgan fingerprint density at radius 2 is 1.76 bits per heavy atom. The molecule has 1 atom stereocenters. The summed E-state index contributed by atoms with van der Waals surface area (Å²) >= 11 is 0. The van der Waals surface area contributed by atoms with E-state index in [1.165, 1.54) is 61.8 Å². The fraction of sp³-hybridized carbons (Fsp3) is 0.357. The SMILES string of the molecule is FC(F)(F)Oc1ccc(CSSSC2=NCC(C(F)(F)F)C=C2)cc1. The van der Waals surface area contributed by atoms with Crippen LogP contribution in [0.5, 0.6) is 5.75 Å². The molecule has 0 saturated carbocycles. The normalized spacial score (nSPS) is 18.2. The van der Waals surface area contributed by atoms with E-state index in [0.717, 1.165) is 11.6 Å². The first-order valence-corrected chi connectivity index (χ1v) is 10.4. The Morgan fingerprint density at radius 3 is 2.28 bits per heavy atom. The number of ether oxygens (including phenoxy) is 1. The first-order valence-electron chi connectivity index (χ1n) is 6.74. The van der Waals surface area contributed by atoms with Crippen LogP contribution in [-0.4, -0.2) is 24.1 Å². The maximum atomic E-state index is 12.5. The van der Waals surface area contributed by atoms with Gasteiger partial charge in [0.15, 0.2) is 0 Å². The van der Waals surface area contributed by atoms with Gasteiger partial charge in [-0.25, -0.2) is 0 Å². The second-order valence-corrected chi connectivity index (χ2v) is 8.88. The molecule has 0 bridgehead atoms. The van der Waals surface area contributed by atoms with E-state index in [4.69, 9.17) is 0 Å². The molecule has 0 spiro atoms. The molecule has 0 fully saturated rings. The lowest BCUT2D eigenvalue weighted by Crippen LogP contribution is -2.25. The van der Waals surface area contributed by atoms with E-state index in [2.05, 4.69) is 9.73 Å². The van der Waals surface area contributed by atoms with Crippen LogP contribution in [0.4, 0.5) is 26.3 Å². The average Bonchev–Trinajstić information content (AvgIpc) is 2.51. The summed E-state index contributed by atoms with van der Waals surface area (Å²) in [7, 11) is 3.98. The third-order valence-corrected chi connectivity index (χ3v) is 6.77. The van der Waals surface area contributed by atoms with Crippen molar-refractivity contribution in [3.05, 3.63) is 42.0 Å². The number of aliphatic imine (C=N–C) groups is 1. The molecule has 11 heteroatoms. The van der Waals surface area contributed by atoms with Crippen LogP contribution >= 0.6 is 31.4 Å². The van der Waals surface area contributed by atoms with Crippen molar-refractivity contribution in [3.63, 3.8) is 0 Å². The number of hydrogen-bond acceptors (Lipinski definition) is 5. The van der Waals surface area contributed by atoms with E-state index in [1.807, 2.05) is 0 Å². The molecule has 1 aliphatic rings. The van der Waals surface area contributed by atoms with Gasteiger partial charge in [0.25, 0.3) is 0 Å². The fourth-order valence-corrected chi connectivity index (χ4v) is 5.19. The molecule has 1 unspecified atom stereocenters. The largest absolute Gasteiger partial charge is 0.573 e. The van der Waals surface area contributed by atoms with E-state index >= 15 is 0 Å². The van der Waals surface area contributed by atoms with E-state index in [-0.39, 0.29) is 12.3 Å². The lowest BCUT2D eigenvalue weighted by atomic mass is 10.1. The van der Waals surface area contributed by atoms with Crippen molar-refractivity contribution in [2.75, 3.05) is 6.54 Å². The zero-order chi connectivity index (χ0) is 18.5. The van der Waals surface area contributed by atoms with Gasteiger partial charge < -0.3 is 4.74 Å². The summed E-state index contributed by atoms with van der Waals surface area (Å²) in [5, 5.41) is 0.506. The molecule has 2 nitrogen and oxygen atoms in total. The molecule has 0 radical (unpaired) electrons. The summed E-state index contributed by atoms with van der Waals surface area (Å²) < 4.78 is 77.3. The Kier molecular flexibility index (Phi) is 7.03.